The largest absolute Gasteiger partial charge is 0.468 e. The standard InChI is InChI=1S/C14H18N2O5S/c1-4-20-14(17)12-9(2)16-10(3)13(12)22(18,19)15-8-11-6-5-7-21-11/h5-7,15-16H,4,8H2,1-3H3. The molecular formula is C14H18N2O5S. The van der Waals surface area contributed by atoms with Crippen molar-refractivity contribution in [3.63, 3.8) is 0 Å². The molecule has 0 unspecified atom stereocenters. The Kier molecular flexibility index (Phi) is 4.72. The molecule has 0 atom stereocenters. The molecular weight excluding hydrogens is 308 g/mol. The molecule has 0 aliphatic heterocycles. The minimum absolute atomic E-state index is 0.00126. The molecule has 0 bridgehead atoms. The number of aromatic amines is 1. The minimum Gasteiger partial charge on any atom is -0.468 e. The van der Waals surface area contributed by atoms with E-state index in [1.165, 1.54) is 6.26 Å². The Bertz CT molecular complexity index is 760. The van der Waals surface area contributed by atoms with Gasteiger partial charge in [0.2, 0.25) is 10.0 Å². The summed E-state index contributed by atoms with van der Waals surface area (Å²) in [7, 11) is -3.88. The SMILES string of the molecule is CCOC(=O)c1c(C)[nH]c(C)c1S(=O)(=O)NCc1ccco1. The second kappa shape index (κ2) is 6.37. The number of rotatable bonds is 6. The molecule has 120 valence electrons. The first-order valence-electron chi connectivity index (χ1n) is 6.75. The Labute approximate surface area is 128 Å². The summed E-state index contributed by atoms with van der Waals surface area (Å²) in [5, 5.41) is 0. The number of ether oxygens (including phenoxy) is 1. The van der Waals surface area contributed by atoms with Gasteiger partial charge in [-0.1, -0.05) is 0 Å². The summed E-state index contributed by atoms with van der Waals surface area (Å²) < 4.78 is 37.5. The molecule has 0 saturated heterocycles. The Morgan fingerprint density at radius 1 is 1.36 bits per heavy atom. The third-order valence-electron chi connectivity index (χ3n) is 3.08. The molecule has 0 radical (unpaired) electrons. The first-order valence-corrected chi connectivity index (χ1v) is 8.23. The van der Waals surface area contributed by atoms with Crippen molar-refractivity contribution in [2.24, 2.45) is 0 Å². The number of nitrogens with one attached hydrogen (secondary N) is 2. The van der Waals surface area contributed by atoms with Gasteiger partial charge in [0.1, 0.15) is 16.2 Å². The number of hydrogen-bond acceptors (Lipinski definition) is 5. The van der Waals surface area contributed by atoms with E-state index in [4.69, 9.17) is 9.15 Å². The second-order valence-electron chi connectivity index (χ2n) is 4.70. The predicted molar refractivity (Wildman–Crippen MR) is 79.0 cm³/mol. The van der Waals surface area contributed by atoms with Gasteiger partial charge in [0.05, 0.1) is 19.4 Å². The lowest BCUT2D eigenvalue weighted by molar-refractivity contribution is 0.0521. The fraction of sp³-hybridized carbons (Fsp3) is 0.357. The molecule has 0 aliphatic rings. The quantitative estimate of drug-likeness (QED) is 0.789. The van der Waals surface area contributed by atoms with Gasteiger partial charge < -0.3 is 14.1 Å². The number of furan rings is 1. The van der Waals surface area contributed by atoms with Crippen LogP contribution in [0, 0.1) is 13.8 Å². The lowest BCUT2D eigenvalue weighted by Gasteiger charge is -2.08. The van der Waals surface area contributed by atoms with Gasteiger partial charge in [-0.05, 0) is 32.9 Å². The van der Waals surface area contributed by atoms with Gasteiger partial charge >= 0.3 is 5.97 Å². The van der Waals surface area contributed by atoms with Crippen LogP contribution in [0.4, 0.5) is 0 Å². The summed E-state index contributed by atoms with van der Waals surface area (Å²) in [5.74, 6) is -0.186. The maximum Gasteiger partial charge on any atom is 0.341 e. The van der Waals surface area contributed by atoms with Crippen molar-refractivity contribution in [1.82, 2.24) is 9.71 Å². The van der Waals surface area contributed by atoms with Crippen LogP contribution >= 0.6 is 0 Å². The van der Waals surface area contributed by atoms with Crippen LogP contribution in [0.3, 0.4) is 0 Å². The molecule has 2 aromatic heterocycles. The Hall–Kier alpha value is -2.06. The smallest absolute Gasteiger partial charge is 0.341 e. The maximum absolute atomic E-state index is 12.5. The lowest BCUT2D eigenvalue weighted by Crippen LogP contribution is -2.25. The van der Waals surface area contributed by atoms with Crippen LogP contribution in [0.5, 0.6) is 0 Å². The van der Waals surface area contributed by atoms with Gasteiger partial charge in [0.25, 0.3) is 0 Å². The van der Waals surface area contributed by atoms with Gasteiger partial charge in [0.15, 0.2) is 0 Å². The number of carbonyl (C=O) groups is 1. The van der Waals surface area contributed by atoms with Crippen molar-refractivity contribution < 1.29 is 22.4 Å². The fourth-order valence-corrected chi connectivity index (χ4v) is 3.63. The summed E-state index contributed by atoms with van der Waals surface area (Å²) in [4.78, 5) is 14.8. The molecule has 0 aromatic carbocycles. The summed E-state index contributed by atoms with van der Waals surface area (Å²) >= 11 is 0. The molecule has 2 rings (SSSR count). The maximum atomic E-state index is 12.5. The average Bonchev–Trinajstić information content (AvgIpc) is 3.04. The monoisotopic (exact) mass is 326 g/mol. The van der Waals surface area contributed by atoms with E-state index in [0.717, 1.165) is 0 Å². The molecule has 0 saturated carbocycles. The van der Waals surface area contributed by atoms with Crippen molar-refractivity contribution in [2.75, 3.05) is 6.61 Å². The van der Waals surface area contributed by atoms with Gasteiger partial charge in [-0.15, -0.1) is 0 Å². The highest BCUT2D eigenvalue weighted by Crippen LogP contribution is 2.24. The summed E-state index contributed by atoms with van der Waals surface area (Å²) in [5.41, 5.74) is 0.869. The zero-order valence-corrected chi connectivity index (χ0v) is 13.4. The average molecular weight is 326 g/mol. The molecule has 0 aliphatic carbocycles. The van der Waals surface area contributed by atoms with Crippen LogP contribution in [-0.2, 0) is 21.3 Å². The number of aryl methyl sites for hydroxylation is 2. The Morgan fingerprint density at radius 2 is 2.09 bits per heavy atom. The Morgan fingerprint density at radius 3 is 2.68 bits per heavy atom. The Balaban J connectivity index is 2.35. The second-order valence-corrected chi connectivity index (χ2v) is 6.41. The molecule has 22 heavy (non-hydrogen) atoms. The van der Waals surface area contributed by atoms with E-state index in [1.807, 2.05) is 0 Å². The van der Waals surface area contributed by atoms with Crippen molar-refractivity contribution >= 4 is 16.0 Å². The van der Waals surface area contributed by atoms with E-state index in [9.17, 15) is 13.2 Å². The van der Waals surface area contributed by atoms with Gasteiger partial charge in [-0.2, -0.15) is 0 Å². The molecule has 2 heterocycles. The van der Waals surface area contributed by atoms with Crippen LogP contribution in [0.2, 0.25) is 0 Å². The van der Waals surface area contributed by atoms with E-state index < -0.39 is 16.0 Å². The zero-order chi connectivity index (χ0) is 16.3. The van der Waals surface area contributed by atoms with Crippen molar-refractivity contribution in [2.45, 2.75) is 32.2 Å². The van der Waals surface area contributed by atoms with Crippen molar-refractivity contribution in [1.29, 1.82) is 0 Å². The van der Waals surface area contributed by atoms with Crippen LogP contribution in [0.15, 0.2) is 27.7 Å². The zero-order valence-electron chi connectivity index (χ0n) is 12.6. The summed E-state index contributed by atoms with van der Waals surface area (Å²) in [6.45, 7) is 5.06. The van der Waals surface area contributed by atoms with Crippen LogP contribution in [0.1, 0.15) is 34.4 Å². The molecule has 2 N–H and O–H groups in total. The van der Waals surface area contributed by atoms with Crippen LogP contribution in [-0.4, -0.2) is 26.0 Å². The van der Waals surface area contributed by atoms with E-state index in [0.29, 0.717) is 17.1 Å². The van der Waals surface area contributed by atoms with E-state index in [-0.39, 0.29) is 23.6 Å². The number of hydrogen-bond donors (Lipinski definition) is 2. The first-order chi connectivity index (χ1) is 10.4. The van der Waals surface area contributed by atoms with E-state index in [1.54, 1.807) is 32.9 Å². The molecule has 8 heteroatoms. The van der Waals surface area contributed by atoms with Crippen LogP contribution in [0.25, 0.3) is 0 Å². The molecule has 0 fully saturated rings. The topological polar surface area (TPSA) is 101 Å². The highest BCUT2D eigenvalue weighted by atomic mass is 32.2. The number of carbonyl (C=O) groups excluding carboxylic acids is 1. The predicted octanol–water partition coefficient (Wildman–Crippen LogP) is 1.88. The third kappa shape index (κ3) is 3.23. The number of sulfonamides is 1. The highest BCUT2D eigenvalue weighted by Gasteiger charge is 2.29. The van der Waals surface area contributed by atoms with E-state index in [2.05, 4.69) is 9.71 Å². The molecule has 0 amide bonds. The summed E-state index contributed by atoms with van der Waals surface area (Å²) in [6, 6.07) is 3.32. The first kappa shape index (κ1) is 16.3. The number of esters is 1. The van der Waals surface area contributed by atoms with Crippen molar-refractivity contribution in [3.05, 3.63) is 41.1 Å². The molecule has 7 nitrogen and oxygen atoms in total. The normalized spacial score (nSPS) is 11.6. The van der Waals surface area contributed by atoms with Gasteiger partial charge in [-0.25, -0.2) is 17.9 Å². The third-order valence-corrected chi connectivity index (χ3v) is 4.65. The van der Waals surface area contributed by atoms with E-state index >= 15 is 0 Å². The minimum atomic E-state index is -3.88. The lowest BCUT2D eigenvalue weighted by atomic mass is 10.2. The van der Waals surface area contributed by atoms with Gasteiger partial charge in [0, 0.05) is 11.4 Å². The molecule has 2 aromatic rings. The number of aromatic nitrogens is 1. The molecule has 0 spiro atoms. The van der Waals surface area contributed by atoms with Crippen molar-refractivity contribution in [3.8, 4) is 0 Å². The fourth-order valence-electron chi connectivity index (χ4n) is 2.19. The van der Waals surface area contributed by atoms with Gasteiger partial charge in [-0.3, -0.25) is 0 Å². The summed E-state index contributed by atoms with van der Waals surface area (Å²) in [6.07, 6.45) is 1.46. The highest BCUT2D eigenvalue weighted by molar-refractivity contribution is 7.89. The number of H-pyrrole nitrogens is 1. The van der Waals surface area contributed by atoms with Crippen LogP contribution < -0.4 is 4.72 Å².